The summed E-state index contributed by atoms with van der Waals surface area (Å²) in [6.07, 6.45) is 4.90. The molecule has 1 aliphatic carbocycles. The Kier molecular flexibility index (Phi) is 1.46. The first-order valence-corrected chi connectivity index (χ1v) is 4.12. The Balaban J connectivity index is 2.01. The first-order valence-electron chi connectivity index (χ1n) is 4.12. The van der Waals surface area contributed by atoms with Gasteiger partial charge < -0.3 is 9.84 Å². The van der Waals surface area contributed by atoms with Crippen LogP contribution in [0.15, 0.2) is 0 Å². The minimum absolute atomic E-state index is 0.146. The Labute approximate surface area is 61.2 Å². The van der Waals surface area contributed by atoms with E-state index in [4.69, 9.17) is 9.84 Å². The lowest BCUT2D eigenvalue weighted by Gasteiger charge is -2.26. The van der Waals surface area contributed by atoms with Crippen LogP contribution in [0.1, 0.15) is 25.7 Å². The molecule has 1 saturated heterocycles. The lowest BCUT2D eigenvalue weighted by Crippen LogP contribution is -2.30. The van der Waals surface area contributed by atoms with E-state index in [1.54, 1.807) is 0 Å². The van der Waals surface area contributed by atoms with Crippen molar-refractivity contribution in [3.05, 3.63) is 0 Å². The third kappa shape index (κ3) is 0.867. The first kappa shape index (κ1) is 6.62. The maximum Gasteiger partial charge on any atom is 0.0966 e. The SMILES string of the molecule is OC[C@H]1CCCC[C@]12CO2. The summed E-state index contributed by atoms with van der Waals surface area (Å²) < 4.78 is 5.38. The highest BCUT2D eigenvalue weighted by atomic mass is 16.6. The van der Waals surface area contributed by atoms with Gasteiger partial charge in [-0.1, -0.05) is 12.8 Å². The molecule has 1 saturated carbocycles. The molecule has 2 atom stereocenters. The fraction of sp³-hybridized carbons (Fsp3) is 1.00. The van der Waals surface area contributed by atoms with Gasteiger partial charge >= 0.3 is 0 Å². The molecule has 2 fully saturated rings. The van der Waals surface area contributed by atoms with Crippen molar-refractivity contribution in [2.75, 3.05) is 13.2 Å². The normalized spacial score (nSPS) is 45.9. The van der Waals surface area contributed by atoms with Crippen molar-refractivity contribution in [1.82, 2.24) is 0 Å². The second-order valence-corrected chi connectivity index (χ2v) is 3.48. The molecule has 1 heterocycles. The Morgan fingerprint density at radius 3 is 2.80 bits per heavy atom. The summed E-state index contributed by atoms with van der Waals surface area (Å²) in [5, 5.41) is 8.99. The van der Waals surface area contributed by atoms with E-state index in [-0.39, 0.29) is 5.60 Å². The van der Waals surface area contributed by atoms with Crippen molar-refractivity contribution in [2.45, 2.75) is 31.3 Å². The van der Waals surface area contributed by atoms with Gasteiger partial charge in [-0.3, -0.25) is 0 Å². The van der Waals surface area contributed by atoms with E-state index in [0.29, 0.717) is 12.5 Å². The molecule has 0 amide bonds. The van der Waals surface area contributed by atoms with Crippen molar-refractivity contribution in [1.29, 1.82) is 0 Å². The van der Waals surface area contributed by atoms with E-state index in [1.807, 2.05) is 0 Å². The highest BCUT2D eigenvalue weighted by Crippen LogP contribution is 2.45. The molecule has 10 heavy (non-hydrogen) atoms. The predicted octanol–water partition coefficient (Wildman–Crippen LogP) is 0.938. The summed E-state index contributed by atoms with van der Waals surface area (Å²) in [5.74, 6) is 0.446. The van der Waals surface area contributed by atoms with Gasteiger partial charge in [-0.2, -0.15) is 0 Å². The van der Waals surface area contributed by atoms with Gasteiger partial charge in [0.2, 0.25) is 0 Å². The fourth-order valence-electron chi connectivity index (χ4n) is 2.01. The Morgan fingerprint density at radius 2 is 2.30 bits per heavy atom. The van der Waals surface area contributed by atoms with Crippen LogP contribution in [0.25, 0.3) is 0 Å². The zero-order valence-corrected chi connectivity index (χ0v) is 6.18. The second kappa shape index (κ2) is 2.21. The zero-order chi connectivity index (χ0) is 7.03. The summed E-state index contributed by atoms with van der Waals surface area (Å²) in [5.41, 5.74) is 0.146. The molecule has 0 aromatic heterocycles. The summed E-state index contributed by atoms with van der Waals surface area (Å²) in [4.78, 5) is 0. The van der Waals surface area contributed by atoms with Gasteiger partial charge in [0.05, 0.1) is 12.2 Å². The van der Waals surface area contributed by atoms with E-state index in [2.05, 4.69) is 0 Å². The predicted molar refractivity (Wildman–Crippen MR) is 37.7 cm³/mol. The molecule has 0 radical (unpaired) electrons. The van der Waals surface area contributed by atoms with E-state index < -0.39 is 0 Å². The van der Waals surface area contributed by atoms with E-state index in [0.717, 1.165) is 13.0 Å². The van der Waals surface area contributed by atoms with Crippen LogP contribution >= 0.6 is 0 Å². The number of epoxide rings is 1. The van der Waals surface area contributed by atoms with Crippen LogP contribution in [0, 0.1) is 5.92 Å². The maximum absolute atomic E-state index is 8.99. The second-order valence-electron chi connectivity index (χ2n) is 3.48. The number of aliphatic hydroxyl groups is 1. The van der Waals surface area contributed by atoms with Gasteiger partial charge in [0, 0.05) is 12.5 Å². The average molecular weight is 142 g/mol. The van der Waals surface area contributed by atoms with Crippen LogP contribution in [0.5, 0.6) is 0 Å². The molecule has 2 heteroatoms. The van der Waals surface area contributed by atoms with Crippen LogP contribution in [-0.2, 0) is 4.74 Å². The molecule has 0 aromatic carbocycles. The van der Waals surface area contributed by atoms with Gasteiger partial charge in [0.25, 0.3) is 0 Å². The molecular formula is C8H14O2. The first-order chi connectivity index (χ1) is 4.87. The number of hydrogen-bond donors (Lipinski definition) is 1. The molecule has 58 valence electrons. The summed E-state index contributed by atoms with van der Waals surface area (Å²) in [6.45, 7) is 1.22. The molecular weight excluding hydrogens is 128 g/mol. The van der Waals surface area contributed by atoms with Crippen molar-refractivity contribution in [3.63, 3.8) is 0 Å². The average Bonchev–Trinajstić information content (AvgIpc) is 2.71. The number of aliphatic hydroxyl groups excluding tert-OH is 1. The van der Waals surface area contributed by atoms with Crippen LogP contribution in [-0.4, -0.2) is 23.9 Å². The lowest BCUT2D eigenvalue weighted by atomic mass is 9.80. The van der Waals surface area contributed by atoms with E-state index >= 15 is 0 Å². The number of rotatable bonds is 1. The van der Waals surface area contributed by atoms with Crippen LogP contribution in [0.3, 0.4) is 0 Å². The quantitative estimate of drug-likeness (QED) is 0.553. The maximum atomic E-state index is 8.99. The van der Waals surface area contributed by atoms with E-state index in [1.165, 1.54) is 19.3 Å². The minimum Gasteiger partial charge on any atom is -0.396 e. The van der Waals surface area contributed by atoms with Crippen LogP contribution < -0.4 is 0 Å². The topological polar surface area (TPSA) is 32.8 Å². The fourth-order valence-corrected chi connectivity index (χ4v) is 2.01. The van der Waals surface area contributed by atoms with Gasteiger partial charge in [-0.25, -0.2) is 0 Å². The Morgan fingerprint density at radius 1 is 1.50 bits per heavy atom. The molecule has 1 N–H and O–H groups in total. The van der Waals surface area contributed by atoms with Crippen molar-refractivity contribution in [3.8, 4) is 0 Å². The van der Waals surface area contributed by atoms with Crippen molar-refractivity contribution < 1.29 is 9.84 Å². The molecule has 0 aromatic rings. The van der Waals surface area contributed by atoms with Crippen molar-refractivity contribution >= 4 is 0 Å². The zero-order valence-electron chi connectivity index (χ0n) is 6.18. The molecule has 2 rings (SSSR count). The van der Waals surface area contributed by atoms with Gasteiger partial charge in [0.1, 0.15) is 0 Å². The summed E-state index contributed by atoms with van der Waals surface area (Å²) >= 11 is 0. The molecule has 2 nitrogen and oxygen atoms in total. The van der Waals surface area contributed by atoms with Gasteiger partial charge in [-0.15, -0.1) is 0 Å². The molecule has 0 unspecified atom stereocenters. The minimum atomic E-state index is 0.146. The molecule has 2 aliphatic rings. The Hall–Kier alpha value is -0.0800. The smallest absolute Gasteiger partial charge is 0.0966 e. The lowest BCUT2D eigenvalue weighted by molar-refractivity contribution is 0.0974. The third-order valence-corrected chi connectivity index (χ3v) is 2.88. The van der Waals surface area contributed by atoms with E-state index in [9.17, 15) is 0 Å². The standard InChI is InChI=1S/C8H14O2/c9-5-7-3-1-2-4-8(7)6-10-8/h7,9H,1-6H2/t7-,8+/m1/s1. The molecule has 1 aliphatic heterocycles. The number of hydrogen-bond acceptors (Lipinski definition) is 2. The van der Waals surface area contributed by atoms with Crippen LogP contribution in [0.4, 0.5) is 0 Å². The van der Waals surface area contributed by atoms with Gasteiger partial charge in [0.15, 0.2) is 0 Å². The largest absolute Gasteiger partial charge is 0.396 e. The number of ether oxygens (including phenoxy) is 1. The van der Waals surface area contributed by atoms with Gasteiger partial charge in [-0.05, 0) is 12.8 Å². The summed E-state index contributed by atoms with van der Waals surface area (Å²) in [6, 6.07) is 0. The van der Waals surface area contributed by atoms with Crippen LogP contribution in [0.2, 0.25) is 0 Å². The monoisotopic (exact) mass is 142 g/mol. The van der Waals surface area contributed by atoms with Crippen molar-refractivity contribution in [2.24, 2.45) is 5.92 Å². The third-order valence-electron chi connectivity index (χ3n) is 2.88. The highest BCUT2D eigenvalue weighted by Gasteiger charge is 2.51. The highest BCUT2D eigenvalue weighted by molar-refractivity contribution is 5.00. The molecule has 0 bridgehead atoms. The Bertz CT molecular complexity index is 129. The summed E-state index contributed by atoms with van der Waals surface area (Å²) in [7, 11) is 0. The molecule has 1 spiro atoms.